The van der Waals surface area contributed by atoms with Crippen LogP contribution < -0.4 is 10.0 Å². The van der Waals surface area contributed by atoms with Gasteiger partial charge in [0.25, 0.3) is 0 Å². The molecule has 2 rings (SSSR count). The number of rotatable bonds is 7. The van der Waals surface area contributed by atoms with E-state index >= 15 is 0 Å². The lowest BCUT2D eigenvalue weighted by Gasteiger charge is -2.05. The summed E-state index contributed by atoms with van der Waals surface area (Å²) in [6.45, 7) is 3.73. The number of nitrogens with one attached hydrogen (secondary N) is 3. The predicted octanol–water partition coefficient (Wildman–Crippen LogP) is 2.37. The van der Waals surface area contributed by atoms with Gasteiger partial charge in [-0.2, -0.15) is 0 Å². The van der Waals surface area contributed by atoms with Gasteiger partial charge >= 0.3 is 0 Å². The molecule has 5 nitrogen and oxygen atoms in total. The Bertz CT molecular complexity index is 680. The number of hydrogen-bond donors (Lipinski definition) is 3. The molecule has 1 heterocycles. The van der Waals surface area contributed by atoms with Crippen molar-refractivity contribution in [3.63, 3.8) is 0 Å². The number of sulfonamides is 1. The van der Waals surface area contributed by atoms with Crippen molar-refractivity contribution in [1.29, 1.82) is 0 Å². The number of H-pyrrole nitrogens is 1. The molecule has 0 aliphatic carbocycles. The lowest BCUT2D eigenvalue weighted by atomic mass is 10.2. The van der Waals surface area contributed by atoms with E-state index in [2.05, 4.69) is 31.0 Å². The zero-order valence-electron chi connectivity index (χ0n) is 11.7. The molecule has 2 aromatic rings. The first-order valence-corrected chi connectivity index (χ1v) is 8.91. The van der Waals surface area contributed by atoms with Crippen LogP contribution in [0.2, 0.25) is 0 Å². The van der Waals surface area contributed by atoms with Crippen molar-refractivity contribution in [2.45, 2.75) is 24.9 Å². The van der Waals surface area contributed by atoms with E-state index < -0.39 is 10.0 Å². The first kappa shape index (κ1) is 16.2. The van der Waals surface area contributed by atoms with E-state index in [1.165, 1.54) is 6.20 Å². The molecule has 0 atom stereocenters. The van der Waals surface area contributed by atoms with Gasteiger partial charge in [0.05, 0.1) is 4.90 Å². The third-order valence-corrected chi connectivity index (χ3v) is 4.88. The van der Waals surface area contributed by atoms with Gasteiger partial charge in [0, 0.05) is 29.5 Å². The highest BCUT2D eigenvalue weighted by Crippen LogP contribution is 2.13. The third-order valence-electron chi connectivity index (χ3n) is 2.97. The molecule has 0 amide bonds. The van der Waals surface area contributed by atoms with Crippen LogP contribution in [0.3, 0.4) is 0 Å². The summed E-state index contributed by atoms with van der Waals surface area (Å²) in [5.41, 5.74) is 1.76. The zero-order valence-corrected chi connectivity index (χ0v) is 14.1. The summed E-state index contributed by atoms with van der Waals surface area (Å²) in [5.74, 6) is 0. The standard InChI is InChI=1S/C14H18BrN3O2S/c1-2-16-9-13-7-14(10-17-13)21(19,20)18-8-11-3-5-12(15)6-4-11/h3-7,10,16-18H,2,8-9H2,1H3. The summed E-state index contributed by atoms with van der Waals surface area (Å²) >= 11 is 3.35. The van der Waals surface area contributed by atoms with Crippen molar-refractivity contribution in [3.8, 4) is 0 Å². The van der Waals surface area contributed by atoms with Gasteiger partial charge < -0.3 is 10.3 Å². The Morgan fingerprint density at radius 1 is 1.19 bits per heavy atom. The zero-order chi connectivity index (χ0) is 15.3. The lowest BCUT2D eigenvalue weighted by Crippen LogP contribution is -2.22. The average molecular weight is 372 g/mol. The van der Waals surface area contributed by atoms with Gasteiger partial charge in [0.15, 0.2) is 0 Å². The number of benzene rings is 1. The van der Waals surface area contributed by atoms with E-state index in [1.54, 1.807) is 6.07 Å². The van der Waals surface area contributed by atoms with Crippen LogP contribution in [0.4, 0.5) is 0 Å². The van der Waals surface area contributed by atoms with Gasteiger partial charge in [-0.25, -0.2) is 13.1 Å². The topological polar surface area (TPSA) is 74.0 Å². The molecule has 0 fully saturated rings. The summed E-state index contributed by atoms with van der Waals surface area (Å²) in [6, 6.07) is 9.16. The van der Waals surface area contributed by atoms with Crippen LogP contribution >= 0.6 is 15.9 Å². The first-order valence-electron chi connectivity index (χ1n) is 6.63. The maximum Gasteiger partial charge on any atom is 0.242 e. The highest BCUT2D eigenvalue weighted by molar-refractivity contribution is 9.10. The molecular formula is C14H18BrN3O2S. The molecule has 0 saturated heterocycles. The van der Waals surface area contributed by atoms with Gasteiger partial charge in [-0.3, -0.25) is 0 Å². The van der Waals surface area contributed by atoms with Crippen molar-refractivity contribution >= 4 is 26.0 Å². The molecule has 7 heteroatoms. The minimum Gasteiger partial charge on any atom is -0.363 e. The summed E-state index contributed by atoms with van der Waals surface area (Å²) in [4.78, 5) is 3.22. The molecule has 114 valence electrons. The second-order valence-electron chi connectivity index (χ2n) is 4.59. The second kappa shape index (κ2) is 7.22. The Morgan fingerprint density at radius 3 is 2.57 bits per heavy atom. The van der Waals surface area contributed by atoms with Crippen molar-refractivity contribution in [2.24, 2.45) is 0 Å². The van der Waals surface area contributed by atoms with Crippen LogP contribution in [0.15, 0.2) is 45.9 Å². The third kappa shape index (κ3) is 4.67. The first-order chi connectivity index (χ1) is 10.0. The fraction of sp³-hybridized carbons (Fsp3) is 0.286. The Balaban J connectivity index is 2.00. The molecule has 0 aliphatic heterocycles. The van der Waals surface area contributed by atoms with E-state index in [0.29, 0.717) is 6.54 Å². The van der Waals surface area contributed by atoms with Crippen LogP contribution in [-0.2, 0) is 23.1 Å². The molecule has 0 aliphatic rings. The van der Waals surface area contributed by atoms with Crippen LogP contribution in [-0.4, -0.2) is 19.9 Å². The van der Waals surface area contributed by atoms with E-state index in [-0.39, 0.29) is 11.4 Å². The summed E-state index contributed by atoms with van der Waals surface area (Å²) < 4.78 is 28.0. The van der Waals surface area contributed by atoms with Crippen molar-refractivity contribution in [1.82, 2.24) is 15.0 Å². The van der Waals surface area contributed by atoms with E-state index in [4.69, 9.17) is 0 Å². The van der Waals surface area contributed by atoms with Crippen molar-refractivity contribution in [2.75, 3.05) is 6.54 Å². The molecule has 0 saturated carbocycles. The number of hydrogen-bond acceptors (Lipinski definition) is 3. The van der Waals surface area contributed by atoms with Gasteiger partial charge in [0.1, 0.15) is 0 Å². The monoisotopic (exact) mass is 371 g/mol. The van der Waals surface area contributed by atoms with E-state index in [9.17, 15) is 8.42 Å². The van der Waals surface area contributed by atoms with Gasteiger partial charge in [-0.1, -0.05) is 35.0 Å². The number of aromatic amines is 1. The summed E-state index contributed by atoms with van der Waals surface area (Å²) in [6.07, 6.45) is 1.51. The Morgan fingerprint density at radius 2 is 1.90 bits per heavy atom. The Labute approximate surface area is 133 Å². The van der Waals surface area contributed by atoms with Crippen LogP contribution in [0.5, 0.6) is 0 Å². The molecule has 3 N–H and O–H groups in total. The van der Waals surface area contributed by atoms with Gasteiger partial charge in [0.2, 0.25) is 10.0 Å². The highest BCUT2D eigenvalue weighted by Gasteiger charge is 2.15. The molecular weight excluding hydrogens is 354 g/mol. The minimum absolute atomic E-state index is 0.257. The smallest absolute Gasteiger partial charge is 0.242 e. The van der Waals surface area contributed by atoms with Crippen LogP contribution in [0.1, 0.15) is 18.2 Å². The quantitative estimate of drug-likeness (QED) is 0.699. The minimum atomic E-state index is -3.49. The second-order valence-corrected chi connectivity index (χ2v) is 7.27. The Kier molecular flexibility index (Phi) is 5.58. The Hall–Kier alpha value is -1.15. The predicted molar refractivity (Wildman–Crippen MR) is 86.3 cm³/mol. The fourth-order valence-electron chi connectivity index (χ4n) is 1.80. The largest absolute Gasteiger partial charge is 0.363 e. The van der Waals surface area contributed by atoms with Crippen LogP contribution in [0.25, 0.3) is 0 Å². The normalized spacial score (nSPS) is 11.7. The summed E-state index contributed by atoms with van der Waals surface area (Å²) in [7, 11) is -3.49. The molecule has 0 unspecified atom stereocenters. The van der Waals surface area contributed by atoms with Crippen molar-refractivity contribution in [3.05, 3.63) is 52.3 Å². The maximum atomic E-state index is 12.2. The van der Waals surface area contributed by atoms with Gasteiger partial charge in [-0.15, -0.1) is 0 Å². The molecule has 0 bridgehead atoms. The van der Waals surface area contributed by atoms with Crippen LogP contribution in [0, 0.1) is 0 Å². The molecule has 0 spiro atoms. The molecule has 1 aromatic heterocycles. The van der Waals surface area contributed by atoms with E-state index in [0.717, 1.165) is 22.3 Å². The maximum absolute atomic E-state index is 12.2. The molecule has 0 radical (unpaired) electrons. The average Bonchev–Trinajstić information content (AvgIpc) is 2.94. The number of halogens is 1. The SMILES string of the molecule is CCNCc1cc(S(=O)(=O)NCc2ccc(Br)cc2)c[nH]1. The highest BCUT2D eigenvalue weighted by atomic mass is 79.9. The van der Waals surface area contributed by atoms with E-state index in [1.807, 2.05) is 31.2 Å². The summed E-state index contributed by atoms with van der Waals surface area (Å²) in [5, 5.41) is 3.14. The van der Waals surface area contributed by atoms with Gasteiger partial charge in [-0.05, 0) is 30.3 Å². The number of aromatic nitrogens is 1. The lowest BCUT2D eigenvalue weighted by molar-refractivity contribution is 0.581. The molecule has 21 heavy (non-hydrogen) atoms. The van der Waals surface area contributed by atoms with Crippen molar-refractivity contribution < 1.29 is 8.42 Å². The molecule has 1 aromatic carbocycles. The fourth-order valence-corrected chi connectivity index (χ4v) is 3.10.